The number of aromatic nitrogens is 1. The standard InChI is InChI=1S/C22H26FN3O4S/c1-16-12-18(2-3-20(16)23)31(28,29)26-14-19(22(15-26)6-10-30-11-7-22)21(27)25-13-17-4-8-24-9-5-17/h2-5,8-9,12,19H,6-7,10-11,13-15H2,1H3,(H,25,27). The first-order valence-electron chi connectivity index (χ1n) is 10.3. The highest BCUT2D eigenvalue weighted by Gasteiger charge is 2.53. The molecule has 1 unspecified atom stereocenters. The molecule has 7 nitrogen and oxygen atoms in total. The van der Waals surface area contributed by atoms with Gasteiger partial charge in [-0.15, -0.1) is 0 Å². The number of nitrogens with one attached hydrogen (secondary N) is 1. The lowest BCUT2D eigenvalue weighted by Gasteiger charge is -2.37. The Bertz CT molecular complexity index is 1060. The largest absolute Gasteiger partial charge is 0.381 e. The van der Waals surface area contributed by atoms with E-state index in [1.807, 2.05) is 12.1 Å². The minimum absolute atomic E-state index is 0.0476. The van der Waals surface area contributed by atoms with Gasteiger partial charge in [-0.2, -0.15) is 4.31 Å². The molecule has 1 N–H and O–H groups in total. The van der Waals surface area contributed by atoms with Crippen LogP contribution in [-0.2, 0) is 26.1 Å². The van der Waals surface area contributed by atoms with E-state index in [0.717, 1.165) is 5.56 Å². The quantitative estimate of drug-likeness (QED) is 0.760. The summed E-state index contributed by atoms with van der Waals surface area (Å²) in [5.41, 5.74) is 0.726. The molecular weight excluding hydrogens is 421 g/mol. The second kappa shape index (κ2) is 8.64. The third kappa shape index (κ3) is 4.35. The van der Waals surface area contributed by atoms with Gasteiger partial charge < -0.3 is 10.1 Å². The highest BCUT2D eigenvalue weighted by atomic mass is 32.2. The smallest absolute Gasteiger partial charge is 0.243 e. The molecule has 0 aliphatic carbocycles. The van der Waals surface area contributed by atoms with Crippen molar-refractivity contribution < 1.29 is 22.3 Å². The first-order chi connectivity index (χ1) is 14.8. The number of carbonyl (C=O) groups excluding carboxylic acids is 1. The van der Waals surface area contributed by atoms with Crippen molar-refractivity contribution in [3.63, 3.8) is 0 Å². The molecule has 1 aromatic heterocycles. The van der Waals surface area contributed by atoms with E-state index in [1.54, 1.807) is 12.4 Å². The van der Waals surface area contributed by atoms with Crippen molar-refractivity contribution in [3.05, 3.63) is 59.7 Å². The van der Waals surface area contributed by atoms with Gasteiger partial charge in [0.05, 0.1) is 10.8 Å². The number of halogens is 1. The molecule has 4 rings (SSSR count). The summed E-state index contributed by atoms with van der Waals surface area (Å²) in [5.74, 6) is -1.09. The summed E-state index contributed by atoms with van der Waals surface area (Å²) >= 11 is 0. The molecule has 1 amide bonds. The molecule has 1 atom stereocenters. The summed E-state index contributed by atoms with van der Waals surface area (Å²) < 4.78 is 47.1. The van der Waals surface area contributed by atoms with Gasteiger partial charge in [0, 0.05) is 50.7 Å². The van der Waals surface area contributed by atoms with Crippen molar-refractivity contribution in [2.75, 3.05) is 26.3 Å². The highest BCUT2D eigenvalue weighted by Crippen LogP contribution is 2.46. The number of pyridine rings is 1. The van der Waals surface area contributed by atoms with Crippen LogP contribution < -0.4 is 5.32 Å². The zero-order chi connectivity index (χ0) is 22.1. The van der Waals surface area contributed by atoms with E-state index in [9.17, 15) is 17.6 Å². The first kappa shape index (κ1) is 21.9. The van der Waals surface area contributed by atoms with E-state index in [-0.39, 0.29) is 29.5 Å². The van der Waals surface area contributed by atoms with Gasteiger partial charge in [-0.3, -0.25) is 9.78 Å². The molecule has 1 aromatic carbocycles. The fraction of sp³-hybridized carbons (Fsp3) is 0.455. The van der Waals surface area contributed by atoms with Gasteiger partial charge in [0.15, 0.2) is 0 Å². The molecule has 2 aliphatic rings. The predicted octanol–water partition coefficient (Wildman–Crippen LogP) is 2.26. The van der Waals surface area contributed by atoms with E-state index in [4.69, 9.17) is 4.74 Å². The van der Waals surface area contributed by atoms with E-state index < -0.39 is 27.2 Å². The number of nitrogens with zero attached hydrogens (tertiary/aromatic N) is 2. The molecule has 2 fully saturated rings. The van der Waals surface area contributed by atoms with Crippen LogP contribution in [0.25, 0.3) is 0 Å². The average Bonchev–Trinajstić information content (AvgIpc) is 3.14. The maximum absolute atomic E-state index is 13.7. The second-order valence-electron chi connectivity index (χ2n) is 8.31. The Labute approximate surface area is 181 Å². The monoisotopic (exact) mass is 447 g/mol. The molecule has 0 radical (unpaired) electrons. The van der Waals surface area contributed by atoms with E-state index in [2.05, 4.69) is 10.3 Å². The van der Waals surface area contributed by atoms with Crippen LogP contribution in [0.4, 0.5) is 4.39 Å². The Balaban J connectivity index is 1.57. The number of hydrogen-bond acceptors (Lipinski definition) is 5. The maximum Gasteiger partial charge on any atom is 0.243 e. The lowest BCUT2D eigenvalue weighted by Crippen LogP contribution is -2.44. The first-order valence-corrected chi connectivity index (χ1v) is 11.8. The zero-order valence-corrected chi connectivity index (χ0v) is 18.2. The molecule has 1 spiro atoms. The summed E-state index contributed by atoms with van der Waals surface area (Å²) in [4.78, 5) is 17.2. The van der Waals surface area contributed by atoms with Crippen molar-refractivity contribution >= 4 is 15.9 Å². The minimum atomic E-state index is -3.85. The topological polar surface area (TPSA) is 88.6 Å². The number of rotatable bonds is 5. The van der Waals surface area contributed by atoms with Crippen LogP contribution in [0, 0.1) is 24.1 Å². The van der Waals surface area contributed by atoms with Crippen LogP contribution in [0.15, 0.2) is 47.6 Å². The molecule has 3 heterocycles. The van der Waals surface area contributed by atoms with E-state index in [1.165, 1.54) is 29.4 Å². The Hall–Kier alpha value is -2.36. The van der Waals surface area contributed by atoms with Gasteiger partial charge >= 0.3 is 0 Å². The SMILES string of the molecule is Cc1cc(S(=O)(=O)N2CC(C(=O)NCc3ccncc3)C3(CCOCC3)C2)ccc1F. The molecule has 2 saturated heterocycles. The molecule has 2 aliphatic heterocycles. The van der Waals surface area contributed by atoms with Crippen LogP contribution in [0.3, 0.4) is 0 Å². The molecule has 9 heteroatoms. The third-order valence-electron chi connectivity index (χ3n) is 6.41. The van der Waals surface area contributed by atoms with Crippen molar-refractivity contribution in [2.45, 2.75) is 31.2 Å². The second-order valence-corrected chi connectivity index (χ2v) is 10.2. The van der Waals surface area contributed by atoms with Crippen LogP contribution in [0.2, 0.25) is 0 Å². The Morgan fingerprint density at radius 1 is 1.26 bits per heavy atom. The van der Waals surface area contributed by atoms with E-state index in [0.29, 0.717) is 32.6 Å². The lowest BCUT2D eigenvalue weighted by molar-refractivity contribution is -0.130. The van der Waals surface area contributed by atoms with Crippen LogP contribution >= 0.6 is 0 Å². The van der Waals surface area contributed by atoms with Crippen molar-refractivity contribution in [1.29, 1.82) is 0 Å². The van der Waals surface area contributed by atoms with Gasteiger partial charge in [0.25, 0.3) is 0 Å². The van der Waals surface area contributed by atoms with Gasteiger partial charge in [-0.05, 0) is 61.2 Å². The average molecular weight is 448 g/mol. The number of aryl methyl sites for hydroxylation is 1. The van der Waals surface area contributed by atoms with Crippen molar-refractivity contribution in [3.8, 4) is 0 Å². The third-order valence-corrected chi connectivity index (χ3v) is 8.21. The molecule has 2 aromatic rings. The van der Waals surface area contributed by atoms with Crippen LogP contribution in [0.1, 0.15) is 24.0 Å². The highest BCUT2D eigenvalue weighted by molar-refractivity contribution is 7.89. The van der Waals surface area contributed by atoms with Crippen molar-refractivity contribution in [1.82, 2.24) is 14.6 Å². The number of amides is 1. The van der Waals surface area contributed by atoms with Crippen LogP contribution in [-0.4, -0.2) is 49.9 Å². The summed E-state index contributed by atoms with van der Waals surface area (Å²) in [7, 11) is -3.85. The fourth-order valence-corrected chi connectivity index (χ4v) is 6.13. The van der Waals surface area contributed by atoms with E-state index >= 15 is 0 Å². The maximum atomic E-state index is 13.7. The normalized spacial score (nSPS) is 21.3. The molecule has 166 valence electrons. The fourth-order valence-electron chi connectivity index (χ4n) is 4.49. The van der Waals surface area contributed by atoms with Gasteiger partial charge in [0.2, 0.25) is 15.9 Å². The Morgan fingerprint density at radius 3 is 2.65 bits per heavy atom. The molecular formula is C22H26FN3O4S. The summed E-state index contributed by atoms with van der Waals surface area (Å²) in [6.45, 7) is 3.24. The van der Waals surface area contributed by atoms with Crippen molar-refractivity contribution in [2.24, 2.45) is 11.3 Å². The number of hydrogen-bond donors (Lipinski definition) is 1. The van der Waals surface area contributed by atoms with Crippen LogP contribution in [0.5, 0.6) is 0 Å². The number of ether oxygens (including phenoxy) is 1. The molecule has 0 bridgehead atoms. The zero-order valence-electron chi connectivity index (χ0n) is 17.4. The molecule has 0 saturated carbocycles. The summed E-state index contributed by atoms with van der Waals surface area (Å²) in [6, 6.07) is 7.45. The summed E-state index contributed by atoms with van der Waals surface area (Å²) in [6.07, 6.45) is 4.57. The Kier molecular flexibility index (Phi) is 6.09. The predicted molar refractivity (Wildman–Crippen MR) is 112 cm³/mol. The minimum Gasteiger partial charge on any atom is -0.381 e. The Morgan fingerprint density at radius 2 is 1.97 bits per heavy atom. The van der Waals surface area contributed by atoms with Gasteiger partial charge in [0.1, 0.15) is 5.82 Å². The lowest BCUT2D eigenvalue weighted by atomic mass is 9.72. The number of sulfonamides is 1. The summed E-state index contributed by atoms with van der Waals surface area (Å²) in [5, 5.41) is 2.96. The number of carbonyl (C=O) groups is 1. The van der Waals surface area contributed by atoms with Gasteiger partial charge in [-0.1, -0.05) is 0 Å². The molecule has 31 heavy (non-hydrogen) atoms. The van der Waals surface area contributed by atoms with Gasteiger partial charge in [-0.25, -0.2) is 12.8 Å². The number of benzene rings is 1.